The van der Waals surface area contributed by atoms with Crippen molar-refractivity contribution in [3.63, 3.8) is 0 Å². The highest BCUT2D eigenvalue weighted by Gasteiger charge is 2.18. The van der Waals surface area contributed by atoms with Crippen LogP contribution in [0.4, 0.5) is 0 Å². The van der Waals surface area contributed by atoms with Crippen LogP contribution >= 0.6 is 11.8 Å². The normalized spacial score (nSPS) is 23.3. The molecule has 0 aromatic heterocycles. The highest BCUT2D eigenvalue weighted by Crippen LogP contribution is 2.19. The van der Waals surface area contributed by atoms with E-state index < -0.39 is 0 Å². The quantitative estimate of drug-likeness (QED) is 0.590. The zero-order valence-corrected chi connectivity index (χ0v) is 6.58. The van der Waals surface area contributed by atoms with Crippen molar-refractivity contribution in [2.75, 3.05) is 19.6 Å². The minimum absolute atomic E-state index is 0.636. The number of hydrogen-bond acceptors (Lipinski definition) is 3. The molecule has 3 heteroatoms. The van der Waals surface area contributed by atoms with Gasteiger partial charge in [-0.3, -0.25) is 0 Å². The summed E-state index contributed by atoms with van der Waals surface area (Å²) in [6, 6.07) is 0. The number of nitrogens with one attached hydrogen (secondary N) is 1. The lowest BCUT2D eigenvalue weighted by Crippen LogP contribution is -2.45. The van der Waals surface area contributed by atoms with E-state index in [0.717, 1.165) is 11.8 Å². The predicted octanol–water partition coefficient (Wildman–Crippen LogP) is 0.0386. The van der Waals surface area contributed by atoms with Gasteiger partial charge in [-0.1, -0.05) is 6.92 Å². The van der Waals surface area contributed by atoms with E-state index in [-0.39, 0.29) is 0 Å². The van der Waals surface area contributed by atoms with Gasteiger partial charge >= 0.3 is 0 Å². The van der Waals surface area contributed by atoms with Gasteiger partial charge in [-0.05, 0) is 0 Å². The van der Waals surface area contributed by atoms with Crippen molar-refractivity contribution in [2.45, 2.75) is 17.4 Å². The lowest BCUT2D eigenvalue weighted by atomic mass is 10.3. The van der Waals surface area contributed by atoms with E-state index in [9.17, 15) is 0 Å². The molecule has 1 aliphatic rings. The third-order valence-corrected chi connectivity index (χ3v) is 2.88. The van der Waals surface area contributed by atoms with E-state index in [2.05, 4.69) is 12.2 Å². The minimum Gasteiger partial charge on any atom is -0.329 e. The molecule has 0 radical (unpaired) electrons. The summed E-state index contributed by atoms with van der Waals surface area (Å²) in [5, 5.41) is 4.70. The van der Waals surface area contributed by atoms with Crippen molar-refractivity contribution >= 4 is 11.8 Å². The van der Waals surface area contributed by atoms with Gasteiger partial charge in [0.1, 0.15) is 0 Å². The van der Waals surface area contributed by atoms with E-state index in [0.29, 0.717) is 5.25 Å². The fourth-order valence-corrected chi connectivity index (χ4v) is 1.94. The molecule has 0 saturated carbocycles. The van der Waals surface area contributed by atoms with E-state index in [1.807, 2.05) is 11.8 Å². The summed E-state index contributed by atoms with van der Waals surface area (Å²) in [7, 11) is 0. The molecule has 0 aliphatic carbocycles. The smallest absolute Gasteiger partial charge is 0.0300 e. The Kier molecular flexibility index (Phi) is 2.82. The maximum Gasteiger partial charge on any atom is 0.0300 e. The van der Waals surface area contributed by atoms with Crippen LogP contribution < -0.4 is 11.1 Å². The Morgan fingerprint density at radius 1 is 1.78 bits per heavy atom. The standard InChI is InChI=1S/C6H14N2S/c1-5(2-7)9-6-3-8-4-6/h5-6,8H,2-4,7H2,1H3. The molecular formula is C6H14N2S. The van der Waals surface area contributed by atoms with Crippen LogP contribution in [0.25, 0.3) is 0 Å². The Bertz CT molecular complexity index is 80.4. The van der Waals surface area contributed by atoms with Crippen LogP contribution in [0.1, 0.15) is 6.92 Å². The van der Waals surface area contributed by atoms with E-state index in [1.54, 1.807) is 0 Å². The number of rotatable bonds is 3. The maximum atomic E-state index is 5.46. The first-order valence-corrected chi connectivity index (χ1v) is 4.33. The molecule has 1 unspecified atom stereocenters. The summed E-state index contributed by atoms with van der Waals surface area (Å²) in [5.74, 6) is 0. The third-order valence-electron chi connectivity index (χ3n) is 1.50. The highest BCUT2D eigenvalue weighted by atomic mass is 32.2. The first-order valence-electron chi connectivity index (χ1n) is 3.39. The van der Waals surface area contributed by atoms with Crippen LogP contribution in [-0.4, -0.2) is 30.1 Å². The lowest BCUT2D eigenvalue weighted by Gasteiger charge is -2.28. The highest BCUT2D eigenvalue weighted by molar-refractivity contribution is 8.00. The molecular weight excluding hydrogens is 132 g/mol. The van der Waals surface area contributed by atoms with Crippen LogP contribution in [0.3, 0.4) is 0 Å². The second-order valence-corrected chi connectivity index (χ2v) is 4.21. The Balaban J connectivity index is 2.01. The zero-order valence-electron chi connectivity index (χ0n) is 5.76. The predicted molar refractivity (Wildman–Crippen MR) is 42.8 cm³/mol. The summed E-state index contributed by atoms with van der Waals surface area (Å²) >= 11 is 2.00. The molecule has 0 spiro atoms. The van der Waals surface area contributed by atoms with Crippen molar-refractivity contribution in [3.05, 3.63) is 0 Å². The fraction of sp³-hybridized carbons (Fsp3) is 1.00. The monoisotopic (exact) mass is 146 g/mol. The van der Waals surface area contributed by atoms with Crippen LogP contribution in [0.15, 0.2) is 0 Å². The molecule has 0 aromatic carbocycles. The van der Waals surface area contributed by atoms with Crippen LogP contribution in [0.2, 0.25) is 0 Å². The zero-order chi connectivity index (χ0) is 6.69. The largest absolute Gasteiger partial charge is 0.329 e. The second kappa shape index (κ2) is 3.44. The molecule has 1 fully saturated rings. The summed E-state index contributed by atoms with van der Waals surface area (Å²) in [4.78, 5) is 0. The molecule has 0 aromatic rings. The Morgan fingerprint density at radius 2 is 2.44 bits per heavy atom. The van der Waals surface area contributed by atoms with Crippen molar-refractivity contribution in [3.8, 4) is 0 Å². The van der Waals surface area contributed by atoms with Gasteiger partial charge < -0.3 is 11.1 Å². The average molecular weight is 146 g/mol. The first-order chi connectivity index (χ1) is 4.33. The Morgan fingerprint density at radius 3 is 2.78 bits per heavy atom. The number of thioether (sulfide) groups is 1. The lowest BCUT2D eigenvalue weighted by molar-refractivity contribution is 0.542. The Hall–Kier alpha value is 0.270. The third kappa shape index (κ3) is 2.16. The van der Waals surface area contributed by atoms with Crippen molar-refractivity contribution in [2.24, 2.45) is 5.73 Å². The molecule has 0 bridgehead atoms. The van der Waals surface area contributed by atoms with Gasteiger partial charge in [-0.25, -0.2) is 0 Å². The maximum absolute atomic E-state index is 5.46. The molecule has 3 N–H and O–H groups in total. The summed E-state index contributed by atoms with van der Waals surface area (Å²) in [5.41, 5.74) is 5.46. The Labute approximate surface area is 60.6 Å². The van der Waals surface area contributed by atoms with Gasteiger partial charge in [0, 0.05) is 30.1 Å². The number of nitrogens with two attached hydrogens (primary N) is 1. The summed E-state index contributed by atoms with van der Waals surface area (Å²) in [6.45, 7) is 5.34. The summed E-state index contributed by atoms with van der Waals surface area (Å²) in [6.07, 6.45) is 0. The molecule has 1 atom stereocenters. The molecule has 0 amide bonds. The molecule has 9 heavy (non-hydrogen) atoms. The minimum atomic E-state index is 0.636. The molecule has 1 aliphatic heterocycles. The second-order valence-electron chi connectivity index (χ2n) is 2.46. The van der Waals surface area contributed by atoms with E-state index in [4.69, 9.17) is 5.73 Å². The van der Waals surface area contributed by atoms with Crippen LogP contribution in [0.5, 0.6) is 0 Å². The SMILES string of the molecule is CC(CN)SC1CNC1. The fourth-order valence-electron chi connectivity index (χ4n) is 0.743. The van der Waals surface area contributed by atoms with Crippen molar-refractivity contribution in [1.82, 2.24) is 5.32 Å². The molecule has 1 saturated heterocycles. The summed E-state index contributed by atoms with van der Waals surface area (Å²) < 4.78 is 0. The van der Waals surface area contributed by atoms with Gasteiger partial charge in [0.15, 0.2) is 0 Å². The van der Waals surface area contributed by atoms with Crippen molar-refractivity contribution in [1.29, 1.82) is 0 Å². The molecule has 1 heterocycles. The van der Waals surface area contributed by atoms with Crippen LogP contribution in [0, 0.1) is 0 Å². The van der Waals surface area contributed by atoms with Gasteiger partial charge in [0.25, 0.3) is 0 Å². The molecule has 54 valence electrons. The topological polar surface area (TPSA) is 38.0 Å². The molecule has 1 rings (SSSR count). The molecule has 2 nitrogen and oxygen atoms in total. The van der Waals surface area contributed by atoms with Gasteiger partial charge in [0.2, 0.25) is 0 Å². The first kappa shape index (κ1) is 7.38. The van der Waals surface area contributed by atoms with Gasteiger partial charge in [0.05, 0.1) is 0 Å². The van der Waals surface area contributed by atoms with E-state index in [1.165, 1.54) is 13.1 Å². The number of hydrogen-bond donors (Lipinski definition) is 2. The van der Waals surface area contributed by atoms with Gasteiger partial charge in [-0.15, -0.1) is 0 Å². The average Bonchev–Trinajstić information content (AvgIpc) is 1.78. The van der Waals surface area contributed by atoms with E-state index >= 15 is 0 Å². The van der Waals surface area contributed by atoms with Gasteiger partial charge in [-0.2, -0.15) is 11.8 Å². The van der Waals surface area contributed by atoms with Crippen LogP contribution in [-0.2, 0) is 0 Å². The van der Waals surface area contributed by atoms with Crippen molar-refractivity contribution < 1.29 is 0 Å².